The molecule has 0 radical (unpaired) electrons. The van der Waals surface area contributed by atoms with Gasteiger partial charge in [-0.2, -0.15) is 0 Å². The van der Waals surface area contributed by atoms with Gasteiger partial charge in [-0.15, -0.1) is 0 Å². The van der Waals surface area contributed by atoms with Crippen molar-refractivity contribution in [3.8, 4) is 5.75 Å². The maximum absolute atomic E-state index is 12.1. The summed E-state index contributed by atoms with van der Waals surface area (Å²) in [4.78, 5) is 0. The van der Waals surface area contributed by atoms with Gasteiger partial charge in [0.25, 0.3) is 0 Å². The zero-order chi connectivity index (χ0) is 16.9. The van der Waals surface area contributed by atoms with Crippen molar-refractivity contribution in [2.24, 2.45) is 0 Å². The Bertz CT molecular complexity index is 761. The molecular formula is C16H17Cl2NO3S. The quantitative estimate of drug-likeness (QED) is 0.805. The van der Waals surface area contributed by atoms with Gasteiger partial charge in [-0.1, -0.05) is 41.4 Å². The van der Waals surface area contributed by atoms with Crippen LogP contribution >= 0.6 is 23.2 Å². The largest absolute Gasteiger partial charge is 0.497 e. The molecule has 0 bridgehead atoms. The Hall–Kier alpha value is -1.27. The molecule has 2 rings (SSSR count). The summed E-state index contributed by atoms with van der Waals surface area (Å²) in [5, 5.41) is 0.748. The lowest BCUT2D eigenvalue weighted by Crippen LogP contribution is -2.27. The van der Waals surface area contributed by atoms with Crippen molar-refractivity contribution < 1.29 is 13.2 Å². The molecule has 2 aromatic rings. The van der Waals surface area contributed by atoms with E-state index < -0.39 is 10.0 Å². The lowest BCUT2D eigenvalue weighted by molar-refractivity contribution is 0.414. The fraction of sp³-hybridized carbons (Fsp3) is 0.250. The first-order valence-electron chi connectivity index (χ1n) is 6.94. The van der Waals surface area contributed by atoms with Crippen LogP contribution in [0.5, 0.6) is 5.75 Å². The first-order chi connectivity index (χ1) is 10.9. The molecule has 0 aromatic heterocycles. The van der Waals surface area contributed by atoms with Gasteiger partial charge in [0.15, 0.2) is 0 Å². The molecule has 0 aliphatic rings. The predicted molar refractivity (Wildman–Crippen MR) is 93.8 cm³/mol. The van der Waals surface area contributed by atoms with Crippen molar-refractivity contribution in [3.05, 3.63) is 63.6 Å². The number of ether oxygens (including phenoxy) is 1. The second-order valence-corrected chi connectivity index (χ2v) is 7.62. The van der Waals surface area contributed by atoms with E-state index in [4.69, 9.17) is 27.9 Å². The highest BCUT2D eigenvalue weighted by molar-refractivity contribution is 7.88. The van der Waals surface area contributed by atoms with Crippen molar-refractivity contribution in [1.29, 1.82) is 0 Å². The highest BCUT2D eigenvalue weighted by Crippen LogP contribution is 2.23. The molecule has 0 aliphatic heterocycles. The number of hydrogen-bond donors (Lipinski definition) is 1. The zero-order valence-electron chi connectivity index (χ0n) is 12.6. The number of hydrogen-bond acceptors (Lipinski definition) is 3. The van der Waals surface area contributed by atoms with Crippen molar-refractivity contribution in [3.63, 3.8) is 0 Å². The molecular weight excluding hydrogens is 357 g/mol. The summed E-state index contributed by atoms with van der Waals surface area (Å²) in [6.07, 6.45) is 0.602. The van der Waals surface area contributed by atoms with Crippen LogP contribution in [-0.4, -0.2) is 22.1 Å². The van der Waals surface area contributed by atoms with E-state index in [1.54, 1.807) is 25.3 Å². The Kier molecular flexibility index (Phi) is 6.30. The van der Waals surface area contributed by atoms with Gasteiger partial charge in [0, 0.05) is 6.54 Å². The average Bonchev–Trinajstić information content (AvgIpc) is 2.51. The molecule has 23 heavy (non-hydrogen) atoms. The van der Waals surface area contributed by atoms with Crippen molar-refractivity contribution in [2.45, 2.75) is 12.2 Å². The molecule has 2 aromatic carbocycles. The van der Waals surface area contributed by atoms with Crippen LogP contribution in [-0.2, 0) is 22.2 Å². The van der Waals surface area contributed by atoms with Crippen LogP contribution in [0.1, 0.15) is 11.1 Å². The van der Waals surface area contributed by atoms with Gasteiger partial charge >= 0.3 is 0 Å². The lowest BCUT2D eigenvalue weighted by Gasteiger charge is -2.08. The van der Waals surface area contributed by atoms with E-state index in [9.17, 15) is 8.42 Å². The predicted octanol–water partition coefficient (Wildman–Crippen LogP) is 3.66. The van der Waals surface area contributed by atoms with Crippen molar-refractivity contribution in [1.82, 2.24) is 4.72 Å². The fourth-order valence-corrected chi connectivity index (χ4v) is 3.50. The number of sulfonamides is 1. The second kappa shape index (κ2) is 8.02. The summed E-state index contributed by atoms with van der Waals surface area (Å²) in [6, 6.07) is 12.3. The minimum absolute atomic E-state index is 0.132. The molecule has 7 heteroatoms. The van der Waals surface area contributed by atoms with Crippen molar-refractivity contribution >= 4 is 33.2 Å². The van der Waals surface area contributed by atoms with Gasteiger partial charge in [-0.05, 0) is 41.8 Å². The number of rotatable bonds is 7. The maximum Gasteiger partial charge on any atom is 0.215 e. The molecule has 124 valence electrons. The van der Waals surface area contributed by atoms with Crippen LogP contribution < -0.4 is 9.46 Å². The monoisotopic (exact) mass is 373 g/mol. The second-order valence-electron chi connectivity index (χ2n) is 5.00. The summed E-state index contributed by atoms with van der Waals surface area (Å²) < 4.78 is 31.8. The topological polar surface area (TPSA) is 55.4 Å². The van der Waals surface area contributed by atoms with Gasteiger partial charge in [0.2, 0.25) is 10.0 Å². The molecule has 0 atom stereocenters. The minimum atomic E-state index is -3.42. The third-order valence-corrected chi connectivity index (χ3v) is 5.33. The van der Waals surface area contributed by atoms with Crippen LogP contribution in [0, 0.1) is 0 Å². The van der Waals surface area contributed by atoms with E-state index in [-0.39, 0.29) is 5.75 Å². The zero-order valence-corrected chi connectivity index (χ0v) is 14.9. The standard InChI is InChI=1S/C16H17Cl2NO3S/c1-22-14-5-2-12(3-6-14)8-9-19-23(20,21)11-13-4-7-15(17)16(18)10-13/h2-7,10,19H,8-9,11H2,1H3. The van der Waals surface area contributed by atoms with E-state index >= 15 is 0 Å². The Morgan fingerprint density at radius 1 is 1.00 bits per heavy atom. The van der Waals surface area contributed by atoms with E-state index in [1.807, 2.05) is 24.3 Å². The highest BCUT2D eigenvalue weighted by atomic mass is 35.5. The summed E-state index contributed by atoms with van der Waals surface area (Å²) in [7, 11) is -1.82. The van der Waals surface area contributed by atoms with Crippen LogP contribution in [0.3, 0.4) is 0 Å². The molecule has 0 amide bonds. The number of halogens is 2. The van der Waals surface area contributed by atoms with Crippen LogP contribution in [0.2, 0.25) is 10.0 Å². The Labute approximate surface area is 146 Å². The molecule has 0 heterocycles. The average molecular weight is 374 g/mol. The van der Waals surface area contributed by atoms with E-state index in [1.165, 1.54) is 0 Å². The number of methoxy groups -OCH3 is 1. The van der Waals surface area contributed by atoms with Crippen LogP contribution in [0.15, 0.2) is 42.5 Å². The molecule has 0 unspecified atom stereocenters. The van der Waals surface area contributed by atoms with Gasteiger partial charge in [0.1, 0.15) is 5.75 Å². The van der Waals surface area contributed by atoms with Crippen LogP contribution in [0.25, 0.3) is 0 Å². The smallest absolute Gasteiger partial charge is 0.215 e. The Balaban J connectivity index is 1.89. The molecule has 0 saturated carbocycles. The SMILES string of the molecule is COc1ccc(CCNS(=O)(=O)Cc2ccc(Cl)c(Cl)c2)cc1. The number of nitrogens with one attached hydrogen (secondary N) is 1. The Morgan fingerprint density at radius 2 is 1.65 bits per heavy atom. The summed E-state index contributed by atoms with van der Waals surface area (Å²) in [5.41, 5.74) is 1.62. The molecule has 0 fully saturated rings. The summed E-state index contributed by atoms with van der Waals surface area (Å²) in [5.74, 6) is 0.640. The van der Waals surface area contributed by atoms with Crippen LogP contribution in [0.4, 0.5) is 0 Å². The van der Waals surface area contributed by atoms with Crippen molar-refractivity contribution in [2.75, 3.05) is 13.7 Å². The van der Waals surface area contributed by atoms with E-state index in [2.05, 4.69) is 4.72 Å². The molecule has 1 N–H and O–H groups in total. The Morgan fingerprint density at radius 3 is 2.26 bits per heavy atom. The third kappa shape index (κ3) is 5.70. The molecule has 0 aliphatic carbocycles. The molecule has 0 spiro atoms. The number of benzene rings is 2. The normalized spacial score (nSPS) is 11.4. The summed E-state index contributed by atoms with van der Waals surface area (Å²) in [6.45, 7) is 0.329. The van der Waals surface area contributed by atoms with Gasteiger partial charge < -0.3 is 4.74 Å². The maximum atomic E-state index is 12.1. The first-order valence-corrected chi connectivity index (χ1v) is 9.34. The van der Waals surface area contributed by atoms with E-state index in [0.29, 0.717) is 28.6 Å². The highest BCUT2D eigenvalue weighted by Gasteiger charge is 2.12. The lowest BCUT2D eigenvalue weighted by atomic mass is 10.1. The third-order valence-electron chi connectivity index (χ3n) is 3.24. The molecule has 4 nitrogen and oxygen atoms in total. The minimum Gasteiger partial charge on any atom is -0.497 e. The fourth-order valence-electron chi connectivity index (χ4n) is 2.04. The van der Waals surface area contributed by atoms with Gasteiger partial charge in [-0.25, -0.2) is 13.1 Å². The van der Waals surface area contributed by atoms with Gasteiger partial charge in [0.05, 0.1) is 22.9 Å². The van der Waals surface area contributed by atoms with E-state index in [0.717, 1.165) is 11.3 Å². The van der Waals surface area contributed by atoms with Gasteiger partial charge in [-0.3, -0.25) is 0 Å². The summed E-state index contributed by atoms with van der Waals surface area (Å²) >= 11 is 11.7. The first kappa shape index (κ1) is 18.1. The molecule has 0 saturated heterocycles.